The maximum absolute atomic E-state index is 12.0. The van der Waals surface area contributed by atoms with E-state index in [2.05, 4.69) is 0 Å². The monoisotopic (exact) mass is 296 g/mol. The molecule has 4 heteroatoms. The van der Waals surface area contributed by atoms with E-state index in [9.17, 15) is 9.59 Å². The van der Waals surface area contributed by atoms with Gasteiger partial charge in [-0.1, -0.05) is 48.5 Å². The fraction of sp³-hybridized carbons (Fsp3) is 0.222. The summed E-state index contributed by atoms with van der Waals surface area (Å²) in [6.45, 7) is 2.08. The van der Waals surface area contributed by atoms with Crippen molar-refractivity contribution in [2.75, 3.05) is 0 Å². The topological polar surface area (TPSA) is 52.6 Å². The van der Waals surface area contributed by atoms with E-state index in [-0.39, 0.29) is 25.0 Å². The summed E-state index contributed by atoms with van der Waals surface area (Å²) >= 11 is 0. The lowest BCUT2D eigenvalue weighted by molar-refractivity contribution is -0.147. The highest BCUT2D eigenvalue weighted by atomic mass is 16.6. The summed E-state index contributed by atoms with van der Waals surface area (Å²) in [5.74, 6) is -0.745. The van der Waals surface area contributed by atoms with E-state index in [1.54, 1.807) is 0 Å². The molecule has 112 valence electrons. The first kappa shape index (κ1) is 14.3. The maximum atomic E-state index is 12.0. The van der Waals surface area contributed by atoms with Crippen molar-refractivity contribution < 1.29 is 19.1 Å². The van der Waals surface area contributed by atoms with Crippen molar-refractivity contribution in [1.29, 1.82) is 0 Å². The Morgan fingerprint density at radius 1 is 1.14 bits per heavy atom. The molecule has 22 heavy (non-hydrogen) atoms. The molecule has 0 N–H and O–H groups in total. The average Bonchev–Trinajstić information content (AvgIpc) is 2.84. The molecule has 0 spiro atoms. The van der Waals surface area contributed by atoms with E-state index >= 15 is 0 Å². The molecule has 2 aromatic carbocycles. The van der Waals surface area contributed by atoms with Gasteiger partial charge in [-0.2, -0.15) is 0 Å². The average molecular weight is 296 g/mol. The van der Waals surface area contributed by atoms with E-state index < -0.39 is 6.10 Å². The number of esters is 2. The van der Waals surface area contributed by atoms with Crippen LogP contribution in [0.25, 0.3) is 0 Å². The number of ether oxygens (including phenoxy) is 2. The molecule has 0 aliphatic carbocycles. The van der Waals surface area contributed by atoms with Gasteiger partial charge in [0.2, 0.25) is 0 Å². The smallest absolute Gasteiger partial charge is 0.339 e. The number of aryl methyl sites for hydroxylation is 1. The summed E-state index contributed by atoms with van der Waals surface area (Å²) in [5, 5.41) is 0. The minimum absolute atomic E-state index is 0.0367. The lowest BCUT2D eigenvalue weighted by atomic mass is 9.99. The fourth-order valence-electron chi connectivity index (χ4n) is 2.59. The predicted molar refractivity (Wildman–Crippen MR) is 80.2 cm³/mol. The van der Waals surface area contributed by atoms with Crippen molar-refractivity contribution in [2.45, 2.75) is 26.1 Å². The Bertz CT molecular complexity index is 706. The highest BCUT2D eigenvalue weighted by Crippen LogP contribution is 2.34. The number of fused-ring (bicyclic) bond motifs is 1. The van der Waals surface area contributed by atoms with Crippen LogP contribution < -0.4 is 0 Å². The SMILES string of the molecule is Cc1cccc2c1C(=O)OC2CC(=O)OCc1ccccc1. The molecule has 3 rings (SSSR count). The molecule has 2 aromatic rings. The van der Waals surface area contributed by atoms with Gasteiger partial charge in [-0.15, -0.1) is 0 Å². The molecule has 4 nitrogen and oxygen atoms in total. The van der Waals surface area contributed by atoms with Crippen molar-refractivity contribution >= 4 is 11.9 Å². The molecule has 0 fully saturated rings. The first-order valence-corrected chi connectivity index (χ1v) is 7.15. The largest absolute Gasteiger partial charge is 0.461 e. The van der Waals surface area contributed by atoms with Gasteiger partial charge < -0.3 is 9.47 Å². The van der Waals surface area contributed by atoms with Crippen molar-refractivity contribution in [3.8, 4) is 0 Å². The zero-order valence-corrected chi connectivity index (χ0v) is 12.2. The lowest BCUT2D eigenvalue weighted by Crippen LogP contribution is -2.10. The summed E-state index contributed by atoms with van der Waals surface area (Å²) in [7, 11) is 0. The first-order valence-electron chi connectivity index (χ1n) is 7.15. The summed E-state index contributed by atoms with van der Waals surface area (Å²) in [6, 6.07) is 15.0. The normalized spacial score (nSPS) is 16.0. The Morgan fingerprint density at radius 2 is 1.91 bits per heavy atom. The van der Waals surface area contributed by atoms with Crippen molar-refractivity contribution in [3.63, 3.8) is 0 Å². The molecule has 0 amide bonds. The molecule has 1 aliphatic heterocycles. The van der Waals surface area contributed by atoms with E-state index in [4.69, 9.17) is 9.47 Å². The molecule has 0 radical (unpaired) electrons. The van der Waals surface area contributed by atoms with E-state index in [1.165, 1.54) is 0 Å². The van der Waals surface area contributed by atoms with Crippen LogP contribution in [-0.2, 0) is 20.9 Å². The summed E-state index contributed by atoms with van der Waals surface area (Å²) in [6.07, 6.45) is -0.514. The number of cyclic esters (lactones) is 1. The van der Waals surface area contributed by atoms with Gasteiger partial charge in [0.15, 0.2) is 0 Å². The minimum Gasteiger partial charge on any atom is -0.461 e. The first-order chi connectivity index (χ1) is 10.6. The number of hydrogen-bond acceptors (Lipinski definition) is 4. The zero-order chi connectivity index (χ0) is 15.5. The molecular weight excluding hydrogens is 280 g/mol. The van der Waals surface area contributed by atoms with Crippen LogP contribution >= 0.6 is 0 Å². The maximum Gasteiger partial charge on any atom is 0.339 e. The van der Waals surface area contributed by atoms with Gasteiger partial charge in [0, 0.05) is 5.56 Å². The van der Waals surface area contributed by atoms with Crippen LogP contribution in [0.3, 0.4) is 0 Å². The van der Waals surface area contributed by atoms with Crippen molar-refractivity contribution in [3.05, 3.63) is 70.8 Å². The number of rotatable bonds is 4. The van der Waals surface area contributed by atoms with Gasteiger partial charge in [-0.05, 0) is 18.1 Å². The third-order valence-corrected chi connectivity index (χ3v) is 3.70. The van der Waals surface area contributed by atoms with Crippen LogP contribution in [0.5, 0.6) is 0 Å². The van der Waals surface area contributed by atoms with Gasteiger partial charge in [-0.25, -0.2) is 4.79 Å². The molecule has 1 aliphatic rings. The van der Waals surface area contributed by atoms with Gasteiger partial charge in [0.1, 0.15) is 12.7 Å². The Balaban J connectivity index is 1.64. The Labute approximate surface area is 128 Å². The minimum atomic E-state index is -0.550. The summed E-state index contributed by atoms with van der Waals surface area (Å²) in [5.41, 5.74) is 3.13. The molecule has 1 atom stereocenters. The Morgan fingerprint density at radius 3 is 2.68 bits per heavy atom. The van der Waals surface area contributed by atoms with Crippen LogP contribution in [0.4, 0.5) is 0 Å². The Kier molecular flexibility index (Phi) is 3.92. The number of hydrogen-bond donors (Lipinski definition) is 0. The van der Waals surface area contributed by atoms with E-state index in [0.29, 0.717) is 5.56 Å². The molecule has 0 saturated carbocycles. The fourth-order valence-corrected chi connectivity index (χ4v) is 2.59. The van der Waals surface area contributed by atoms with Crippen molar-refractivity contribution in [2.24, 2.45) is 0 Å². The van der Waals surface area contributed by atoms with E-state index in [0.717, 1.165) is 16.7 Å². The third kappa shape index (κ3) is 2.86. The van der Waals surface area contributed by atoms with Crippen LogP contribution in [0, 0.1) is 6.92 Å². The second kappa shape index (κ2) is 6.02. The zero-order valence-electron chi connectivity index (χ0n) is 12.2. The molecular formula is C18H16O4. The predicted octanol–water partition coefficient (Wildman–Crippen LogP) is 3.34. The molecule has 1 unspecified atom stereocenters. The molecule has 1 heterocycles. The number of carbonyl (C=O) groups is 2. The summed E-state index contributed by atoms with van der Waals surface area (Å²) < 4.78 is 10.5. The Hall–Kier alpha value is -2.62. The van der Waals surface area contributed by atoms with Gasteiger partial charge in [0.25, 0.3) is 0 Å². The highest BCUT2D eigenvalue weighted by Gasteiger charge is 2.33. The van der Waals surface area contributed by atoms with Crippen molar-refractivity contribution in [1.82, 2.24) is 0 Å². The van der Waals surface area contributed by atoms with Gasteiger partial charge >= 0.3 is 11.9 Å². The number of benzene rings is 2. The molecule has 0 saturated heterocycles. The molecule has 0 aromatic heterocycles. The lowest BCUT2D eigenvalue weighted by Gasteiger charge is -2.10. The molecule has 0 bridgehead atoms. The second-order valence-electron chi connectivity index (χ2n) is 5.28. The van der Waals surface area contributed by atoms with E-state index in [1.807, 2.05) is 55.5 Å². The quantitative estimate of drug-likeness (QED) is 0.812. The third-order valence-electron chi connectivity index (χ3n) is 3.70. The van der Waals surface area contributed by atoms with Crippen LogP contribution in [0.1, 0.15) is 39.6 Å². The van der Waals surface area contributed by atoms with Crippen LogP contribution in [0.15, 0.2) is 48.5 Å². The highest BCUT2D eigenvalue weighted by molar-refractivity contribution is 5.96. The number of carbonyl (C=O) groups excluding carboxylic acids is 2. The van der Waals surface area contributed by atoms with Crippen LogP contribution in [-0.4, -0.2) is 11.9 Å². The standard InChI is InChI=1S/C18H16O4/c1-12-6-5-9-14-15(22-18(20)17(12)14)10-16(19)21-11-13-7-3-2-4-8-13/h2-9,15H,10-11H2,1H3. The van der Waals surface area contributed by atoms with Gasteiger partial charge in [0.05, 0.1) is 12.0 Å². The second-order valence-corrected chi connectivity index (χ2v) is 5.28. The van der Waals surface area contributed by atoms with Crippen LogP contribution in [0.2, 0.25) is 0 Å². The van der Waals surface area contributed by atoms with Gasteiger partial charge in [-0.3, -0.25) is 4.79 Å². The summed E-state index contributed by atoms with van der Waals surface area (Å²) in [4.78, 5) is 23.8.